The number of aromatic nitrogens is 2. The number of carbonyl (C=O) groups is 1. The van der Waals surface area contributed by atoms with Crippen LogP contribution in [0.1, 0.15) is 32.4 Å². The van der Waals surface area contributed by atoms with Crippen LogP contribution in [-0.4, -0.2) is 59.0 Å². The van der Waals surface area contributed by atoms with Crippen LogP contribution in [0.2, 0.25) is 0 Å². The Balaban J connectivity index is 1.85. The quantitative estimate of drug-likeness (QED) is 0.621. The lowest BCUT2D eigenvalue weighted by atomic mass is 10.1. The molecule has 0 unspecified atom stereocenters. The molecule has 0 bridgehead atoms. The third-order valence-corrected chi connectivity index (χ3v) is 4.03. The first-order valence-corrected chi connectivity index (χ1v) is 8.57. The Morgan fingerprint density at radius 3 is 2.75 bits per heavy atom. The van der Waals surface area contributed by atoms with E-state index in [0.29, 0.717) is 32.3 Å². The van der Waals surface area contributed by atoms with Crippen molar-refractivity contribution in [3.63, 3.8) is 0 Å². The summed E-state index contributed by atoms with van der Waals surface area (Å²) in [4.78, 5) is 18.1. The van der Waals surface area contributed by atoms with Crippen molar-refractivity contribution in [3.05, 3.63) is 18.0 Å². The number of ether oxygens (including phenoxy) is 1. The van der Waals surface area contributed by atoms with Crippen molar-refractivity contribution >= 4 is 12.1 Å². The predicted octanol–water partition coefficient (Wildman–Crippen LogP) is 1.10. The van der Waals surface area contributed by atoms with Gasteiger partial charge in [-0.2, -0.15) is 5.10 Å². The van der Waals surface area contributed by atoms with Crippen molar-refractivity contribution < 1.29 is 9.53 Å². The Morgan fingerprint density at radius 1 is 1.42 bits per heavy atom. The van der Waals surface area contributed by atoms with Gasteiger partial charge < -0.3 is 20.3 Å². The normalized spacial score (nSPS) is 16.1. The zero-order chi connectivity index (χ0) is 17.4. The van der Waals surface area contributed by atoms with Crippen LogP contribution in [0, 0.1) is 0 Å². The molecule has 1 amide bonds. The lowest BCUT2D eigenvalue weighted by Gasteiger charge is -2.32. The number of rotatable bonds is 5. The van der Waals surface area contributed by atoms with Crippen LogP contribution in [0.15, 0.2) is 17.3 Å². The van der Waals surface area contributed by atoms with E-state index in [0.717, 1.165) is 31.0 Å². The number of aliphatic imine (C=N–C) groups is 1. The first-order chi connectivity index (χ1) is 11.6. The zero-order valence-electron chi connectivity index (χ0n) is 14.8. The second-order valence-electron chi connectivity index (χ2n) is 5.75. The summed E-state index contributed by atoms with van der Waals surface area (Å²) in [5.74, 6) is 0.799. The summed E-state index contributed by atoms with van der Waals surface area (Å²) in [6, 6.07) is 2.27. The Bertz CT molecular complexity index is 549. The van der Waals surface area contributed by atoms with Crippen LogP contribution in [0.25, 0.3) is 0 Å². The zero-order valence-corrected chi connectivity index (χ0v) is 14.8. The van der Waals surface area contributed by atoms with Crippen LogP contribution < -0.4 is 10.6 Å². The molecule has 134 valence electrons. The second-order valence-corrected chi connectivity index (χ2v) is 5.75. The van der Waals surface area contributed by atoms with Gasteiger partial charge in [0.15, 0.2) is 5.96 Å². The van der Waals surface area contributed by atoms with Crippen molar-refractivity contribution in [1.29, 1.82) is 0 Å². The molecule has 0 spiro atoms. The Labute approximate surface area is 143 Å². The Hall–Kier alpha value is -2.25. The van der Waals surface area contributed by atoms with Gasteiger partial charge >= 0.3 is 6.09 Å². The number of likely N-dealkylation sites (tertiary alicyclic amines) is 1. The van der Waals surface area contributed by atoms with Crippen LogP contribution in [-0.2, 0) is 18.3 Å². The lowest BCUT2D eigenvalue weighted by molar-refractivity contribution is 0.0963. The number of hydrogen-bond donors (Lipinski definition) is 2. The highest BCUT2D eigenvalue weighted by Gasteiger charge is 2.24. The van der Waals surface area contributed by atoms with Gasteiger partial charge in [-0.1, -0.05) is 0 Å². The van der Waals surface area contributed by atoms with Gasteiger partial charge in [0.25, 0.3) is 0 Å². The van der Waals surface area contributed by atoms with Crippen LogP contribution in [0.5, 0.6) is 0 Å². The molecule has 2 heterocycles. The van der Waals surface area contributed by atoms with Gasteiger partial charge in [0.1, 0.15) is 0 Å². The summed E-state index contributed by atoms with van der Waals surface area (Å²) >= 11 is 0. The van der Waals surface area contributed by atoms with Crippen LogP contribution >= 0.6 is 0 Å². The monoisotopic (exact) mass is 336 g/mol. The molecular formula is C16H28N6O2. The molecule has 0 aliphatic carbocycles. The molecule has 24 heavy (non-hydrogen) atoms. The van der Waals surface area contributed by atoms with Crippen molar-refractivity contribution in [3.8, 4) is 0 Å². The smallest absolute Gasteiger partial charge is 0.409 e. The number of aryl methyl sites for hydroxylation is 1. The predicted molar refractivity (Wildman–Crippen MR) is 92.8 cm³/mol. The molecule has 1 aromatic rings. The third kappa shape index (κ3) is 5.14. The van der Waals surface area contributed by atoms with Gasteiger partial charge in [0.05, 0.1) is 18.8 Å². The molecule has 2 rings (SSSR count). The van der Waals surface area contributed by atoms with Crippen molar-refractivity contribution in [2.75, 3.05) is 26.2 Å². The lowest BCUT2D eigenvalue weighted by Crippen LogP contribution is -2.49. The van der Waals surface area contributed by atoms with E-state index in [2.05, 4.69) is 20.7 Å². The van der Waals surface area contributed by atoms with E-state index < -0.39 is 0 Å². The van der Waals surface area contributed by atoms with E-state index in [1.165, 1.54) is 0 Å². The molecule has 0 saturated carbocycles. The summed E-state index contributed by atoms with van der Waals surface area (Å²) in [5.41, 5.74) is 1.06. The third-order valence-electron chi connectivity index (χ3n) is 4.03. The maximum Gasteiger partial charge on any atom is 0.409 e. The van der Waals surface area contributed by atoms with Crippen LogP contribution in [0.4, 0.5) is 4.79 Å². The number of nitrogens with one attached hydrogen (secondary N) is 2. The van der Waals surface area contributed by atoms with E-state index in [4.69, 9.17) is 4.74 Å². The highest BCUT2D eigenvalue weighted by molar-refractivity contribution is 5.80. The fourth-order valence-electron chi connectivity index (χ4n) is 2.65. The van der Waals surface area contributed by atoms with E-state index in [9.17, 15) is 4.79 Å². The molecule has 1 fully saturated rings. The molecule has 1 saturated heterocycles. The molecule has 0 atom stereocenters. The maximum atomic E-state index is 11.7. The average molecular weight is 336 g/mol. The standard InChI is InChI=1S/C16H28N6O2/c1-4-17-15(18-12-14-6-9-19-21(14)3)20-13-7-10-22(11-8-13)16(23)24-5-2/h6,9,13H,4-5,7-8,10-12H2,1-3H3,(H2,17,18,20). The van der Waals surface area contributed by atoms with E-state index in [1.807, 2.05) is 31.6 Å². The molecule has 0 radical (unpaired) electrons. The largest absolute Gasteiger partial charge is 0.450 e. The fraction of sp³-hybridized carbons (Fsp3) is 0.688. The van der Waals surface area contributed by atoms with Crippen molar-refractivity contribution in [1.82, 2.24) is 25.3 Å². The summed E-state index contributed by atoms with van der Waals surface area (Å²) < 4.78 is 6.87. The summed E-state index contributed by atoms with van der Waals surface area (Å²) in [6.45, 7) is 7.09. The number of carbonyl (C=O) groups excluding carboxylic acids is 1. The molecule has 1 aromatic heterocycles. The topological polar surface area (TPSA) is 83.8 Å². The molecule has 0 aromatic carbocycles. The molecule has 1 aliphatic rings. The van der Waals surface area contributed by atoms with Crippen molar-refractivity contribution in [2.24, 2.45) is 12.0 Å². The Morgan fingerprint density at radius 2 is 2.17 bits per heavy atom. The summed E-state index contributed by atoms with van der Waals surface area (Å²) in [6.07, 6.45) is 3.33. The second kappa shape index (κ2) is 9.14. The van der Waals surface area contributed by atoms with Crippen LogP contribution in [0.3, 0.4) is 0 Å². The number of guanidine groups is 1. The summed E-state index contributed by atoms with van der Waals surface area (Å²) in [7, 11) is 1.91. The fourth-order valence-corrected chi connectivity index (χ4v) is 2.65. The summed E-state index contributed by atoms with van der Waals surface area (Å²) in [5, 5.41) is 10.9. The van der Waals surface area contributed by atoms with E-state index in [-0.39, 0.29) is 6.09 Å². The van der Waals surface area contributed by atoms with Gasteiger partial charge in [-0.3, -0.25) is 4.68 Å². The molecule has 1 aliphatic heterocycles. The molecule has 2 N–H and O–H groups in total. The molecule has 8 heteroatoms. The van der Waals surface area contributed by atoms with E-state index in [1.54, 1.807) is 11.1 Å². The minimum absolute atomic E-state index is 0.215. The first-order valence-electron chi connectivity index (χ1n) is 8.57. The Kier molecular flexibility index (Phi) is 6.89. The van der Waals surface area contributed by atoms with Gasteiger partial charge in [-0.25, -0.2) is 9.79 Å². The van der Waals surface area contributed by atoms with Gasteiger partial charge in [0, 0.05) is 38.9 Å². The van der Waals surface area contributed by atoms with Gasteiger partial charge in [-0.15, -0.1) is 0 Å². The van der Waals surface area contributed by atoms with Gasteiger partial charge in [0.2, 0.25) is 0 Å². The molecule has 8 nitrogen and oxygen atoms in total. The SMILES string of the molecule is CCNC(=NCc1ccnn1C)NC1CCN(C(=O)OCC)CC1. The van der Waals surface area contributed by atoms with Crippen molar-refractivity contribution in [2.45, 2.75) is 39.3 Å². The number of amides is 1. The first kappa shape index (κ1) is 18.1. The van der Waals surface area contributed by atoms with E-state index >= 15 is 0 Å². The highest BCUT2D eigenvalue weighted by Crippen LogP contribution is 2.11. The molecular weight excluding hydrogens is 308 g/mol. The minimum Gasteiger partial charge on any atom is -0.450 e. The minimum atomic E-state index is -0.215. The number of hydrogen-bond acceptors (Lipinski definition) is 4. The maximum absolute atomic E-state index is 11.7. The number of nitrogens with zero attached hydrogens (tertiary/aromatic N) is 4. The van der Waals surface area contributed by atoms with Gasteiger partial charge in [-0.05, 0) is 32.8 Å². The highest BCUT2D eigenvalue weighted by atomic mass is 16.6. The number of piperidine rings is 1. The average Bonchev–Trinajstić information content (AvgIpc) is 2.99.